The summed E-state index contributed by atoms with van der Waals surface area (Å²) in [6, 6.07) is 1.60. The van der Waals surface area contributed by atoms with Crippen LogP contribution in [0, 0.1) is 19.3 Å². The maximum Gasteiger partial charge on any atom is 0.253 e. The van der Waals surface area contributed by atoms with Crippen LogP contribution in [0.3, 0.4) is 0 Å². The molecule has 0 saturated heterocycles. The molecule has 3 nitrogen and oxygen atoms in total. The van der Waals surface area contributed by atoms with Crippen LogP contribution in [0.2, 0.25) is 0 Å². The number of nitrogens with zero attached hydrogens (tertiary/aromatic N) is 2. The van der Waals surface area contributed by atoms with Gasteiger partial charge in [0.05, 0.1) is 0 Å². The Morgan fingerprint density at radius 2 is 2.20 bits per heavy atom. The molecule has 0 N–H and O–H groups in total. The summed E-state index contributed by atoms with van der Waals surface area (Å²) in [5.41, 5.74) is 1.12. The van der Waals surface area contributed by atoms with Gasteiger partial charge in [0.1, 0.15) is 5.82 Å². The highest BCUT2D eigenvalue weighted by molar-refractivity contribution is 7.80. The molecule has 0 spiro atoms. The largest absolute Gasteiger partial charge is 0.296 e. The van der Waals surface area contributed by atoms with Crippen molar-refractivity contribution in [1.82, 2.24) is 9.55 Å². The molecule has 0 atom stereocenters. The highest BCUT2D eigenvalue weighted by Gasteiger charge is 2.41. The van der Waals surface area contributed by atoms with E-state index in [-0.39, 0.29) is 11.0 Å². The average Bonchev–Trinajstić information content (AvgIpc) is 2.92. The van der Waals surface area contributed by atoms with E-state index < -0.39 is 0 Å². The van der Waals surface area contributed by atoms with Crippen LogP contribution >= 0.6 is 12.6 Å². The quantitative estimate of drug-likeness (QED) is 0.791. The summed E-state index contributed by atoms with van der Waals surface area (Å²) in [5.74, 6) is 1.67. The third-order valence-electron chi connectivity index (χ3n) is 3.11. The molecule has 1 aliphatic rings. The summed E-state index contributed by atoms with van der Waals surface area (Å²) in [4.78, 5) is 16.1. The van der Waals surface area contributed by atoms with Crippen molar-refractivity contribution in [3.63, 3.8) is 0 Å². The summed E-state index contributed by atoms with van der Waals surface area (Å²) in [5, 5.41) is 0. The second-order valence-corrected chi connectivity index (χ2v) is 4.84. The lowest BCUT2D eigenvalue weighted by atomic mass is 10.1. The monoisotopic (exact) mass is 224 g/mol. The average molecular weight is 224 g/mol. The standard InChI is InChI=1S/C11H16N2OS/c1-8-5-10(14)13(9(2)12-8)6-11(7-15)3-4-11/h5,15H,3-4,6-7H2,1-2H3. The highest BCUT2D eigenvalue weighted by atomic mass is 32.1. The second kappa shape index (κ2) is 3.67. The van der Waals surface area contributed by atoms with Gasteiger partial charge < -0.3 is 0 Å². The molecule has 1 saturated carbocycles. The van der Waals surface area contributed by atoms with Crippen LogP contribution in [0.5, 0.6) is 0 Å². The Hall–Kier alpha value is -0.770. The van der Waals surface area contributed by atoms with Gasteiger partial charge in [-0.1, -0.05) is 0 Å². The number of hydrogen-bond donors (Lipinski definition) is 1. The molecule has 0 aliphatic heterocycles. The molecule has 1 aliphatic carbocycles. The Kier molecular flexibility index (Phi) is 2.63. The van der Waals surface area contributed by atoms with Crippen LogP contribution in [-0.2, 0) is 6.54 Å². The van der Waals surface area contributed by atoms with Crippen molar-refractivity contribution in [3.8, 4) is 0 Å². The predicted octanol–water partition coefficient (Wildman–Crippen LogP) is 1.57. The molecular weight excluding hydrogens is 208 g/mol. The zero-order valence-corrected chi connectivity index (χ0v) is 10.1. The highest BCUT2D eigenvalue weighted by Crippen LogP contribution is 2.47. The zero-order chi connectivity index (χ0) is 11.1. The van der Waals surface area contributed by atoms with Gasteiger partial charge in [-0.15, -0.1) is 0 Å². The molecule has 82 valence electrons. The van der Waals surface area contributed by atoms with Gasteiger partial charge in [0, 0.05) is 18.3 Å². The molecule has 1 aromatic rings. The van der Waals surface area contributed by atoms with E-state index in [0.29, 0.717) is 0 Å². The van der Waals surface area contributed by atoms with Crippen molar-refractivity contribution in [3.05, 3.63) is 27.9 Å². The van der Waals surface area contributed by atoms with E-state index in [0.717, 1.165) is 23.8 Å². The normalized spacial score (nSPS) is 17.8. The van der Waals surface area contributed by atoms with Gasteiger partial charge in [0.25, 0.3) is 5.56 Å². The number of hydrogen-bond acceptors (Lipinski definition) is 3. The lowest BCUT2D eigenvalue weighted by Crippen LogP contribution is -2.28. The fourth-order valence-corrected chi connectivity index (χ4v) is 2.25. The van der Waals surface area contributed by atoms with Crippen LogP contribution in [0.4, 0.5) is 0 Å². The summed E-state index contributed by atoms with van der Waals surface area (Å²) >= 11 is 4.35. The van der Waals surface area contributed by atoms with Crippen molar-refractivity contribution in [1.29, 1.82) is 0 Å². The zero-order valence-electron chi connectivity index (χ0n) is 9.16. The first-order valence-corrected chi connectivity index (χ1v) is 5.86. The maximum atomic E-state index is 11.8. The Morgan fingerprint density at radius 1 is 1.53 bits per heavy atom. The Balaban J connectivity index is 2.33. The molecule has 4 heteroatoms. The molecular formula is C11H16N2OS. The first-order chi connectivity index (χ1) is 7.06. The van der Waals surface area contributed by atoms with E-state index in [4.69, 9.17) is 0 Å². The third kappa shape index (κ3) is 2.09. The van der Waals surface area contributed by atoms with Crippen molar-refractivity contribution < 1.29 is 0 Å². The van der Waals surface area contributed by atoms with Gasteiger partial charge in [-0.25, -0.2) is 4.98 Å². The summed E-state index contributed by atoms with van der Waals surface area (Å²) < 4.78 is 1.77. The number of rotatable bonds is 3. The maximum absolute atomic E-state index is 11.8. The van der Waals surface area contributed by atoms with Gasteiger partial charge in [-0.05, 0) is 37.9 Å². The minimum Gasteiger partial charge on any atom is -0.296 e. The number of aromatic nitrogens is 2. The minimum atomic E-state index is 0.0630. The van der Waals surface area contributed by atoms with Crippen molar-refractivity contribution in [2.24, 2.45) is 5.41 Å². The number of thiol groups is 1. The topological polar surface area (TPSA) is 34.9 Å². The van der Waals surface area contributed by atoms with E-state index in [9.17, 15) is 4.79 Å². The molecule has 2 rings (SSSR count). The van der Waals surface area contributed by atoms with Crippen molar-refractivity contribution in [2.45, 2.75) is 33.2 Å². The van der Waals surface area contributed by atoms with E-state index in [1.54, 1.807) is 10.6 Å². The van der Waals surface area contributed by atoms with E-state index in [1.165, 1.54) is 12.8 Å². The van der Waals surface area contributed by atoms with Gasteiger partial charge >= 0.3 is 0 Å². The summed E-state index contributed by atoms with van der Waals surface area (Å²) in [6.07, 6.45) is 2.35. The summed E-state index contributed by atoms with van der Waals surface area (Å²) in [6.45, 7) is 4.52. The Bertz CT molecular complexity index is 435. The lowest BCUT2D eigenvalue weighted by molar-refractivity contribution is 0.450. The van der Waals surface area contributed by atoms with E-state index in [2.05, 4.69) is 17.6 Å². The molecule has 15 heavy (non-hydrogen) atoms. The first-order valence-electron chi connectivity index (χ1n) is 5.22. The predicted molar refractivity (Wildman–Crippen MR) is 63.5 cm³/mol. The van der Waals surface area contributed by atoms with Gasteiger partial charge in [0.2, 0.25) is 0 Å². The van der Waals surface area contributed by atoms with E-state index >= 15 is 0 Å². The molecule has 0 unspecified atom stereocenters. The Morgan fingerprint density at radius 3 is 2.67 bits per heavy atom. The van der Waals surface area contributed by atoms with Gasteiger partial charge in [-0.3, -0.25) is 9.36 Å². The van der Waals surface area contributed by atoms with Crippen LogP contribution < -0.4 is 5.56 Å². The minimum absolute atomic E-state index is 0.0630. The Labute approximate surface area is 94.9 Å². The lowest BCUT2D eigenvalue weighted by Gasteiger charge is -2.16. The van der Waals surface area contributed by atoms with Gasteiger partial charge in [0.15, 0.2) is 0 Å². The van der Waals surface area contributed by atoms with Crippen molar-refractivity contribution >= 4 is 12.6 Å². The first kappa shape index (κ1) is 10.7. The molecule has 0 aromatic carbocycles. The van der Waals surface area contributed by atoms with Gasteiger partial charge in [-0.2, -0.15) is 12.6 Å². The van der Waals surface area contributed by atoms with Crippen molar-refractivity contribution in [2.75, 3.05) is 5.75 Å². The molecule has 1 fully saturated rings. The van der Waals surface area contributed by atoms with Crippen LogP contribution in [0.15, 0.2) is 10.9 Å². The SMILES string of the molecule is Cc1cc(=O)n(CC2(CS)CC2)c(C)n1. The molecule has 0 bridgehead atoms. The second-order valence-electron chi connectivity index (χ2n) is 4.53. The van der Waals surface area contributed by atoms with E-state index in [1.807, 2.05) is 13.8 Å². The number of aryl methyl sites for hydroxylation is 2. The fourth-order valence-electron chi connectivity index (χ4n) is 1.83. The van der Waals surface area contributed by atoms with Crippen LogP contribution in [0.1, 0.15) is 24.4 Å². The fraction of sp³-hybridized carbons (Fsp3) is 0.636. The third-order valence-corrected chi connectivity index (χ3v) is 3.78. The van der Waals surface area contributed by atoms with Crippen LogP contribution in [0.25, 0.3) is 0 Å². The smallest absolute Gasteiger partial charge is 0.253 e. The molecule has 1 heterocycles. The summed E-state index contributed by atoms with van der Waals surface area (Å²) in [7, 11) is 0. The molecule has 0 amide bonds. The molecule has 0 radical (unpaired) electrons. The van der Waals surface area contributed by atoms with Crippen LogP contribution in [-0.4, -0.2) is 15.3 Å². The molecule has 1 aromatic heterocycles.